The number of anilines is 1. The van der Waals surface area contributed by atoms with Gasteiger partial charge in [0.15, 0.2) is 0 Å². The van der Waals surface area contributed by atoms with Gasteiger partial charge in [0.1, 0.15) is 5.84 Å². The minimum absolute atomic E-state index is 0.195. The molecule has 0 saturated heterocycles. The molecule has 6 heteroatoms. The van der Waals surface area contributed by atoms with E-state index in [0.717, 1.165) is 10.2 Å². The van der Waals surface area contributed by atoms with Gasteiger partial charge < -0.3 is 16.3 Å². The summed E-state index contributed by atoms with van der Waals surface area (Å²) in [7, 11) is 0. The second-order valence-corrected chi connectivity index (χ2v) is 4.18. The molecule has 0 aliphatic rings. The van der Waals surface area contributed by atoms with Gasteiger partial charge in [-0.15, -0.1) is 0 Å². The van der Waals surface area contributed by atoms with Crippen LogP contribution in [-0.4, -0.2) is 17.6 Å². The summed E-state index contributed by atoms with van der Waals surface area (Å²) >= 11 is 9.22. The molecule has 0 aliphatic carbocycles. The van der Waals surface area contributed by atoms with Crippen molar-refractivity contribution in [1.29, 1.82) is 0 Å². The monoisotopic (exact) mass is 291 g/mol. The molecule has 0 amide bonds. The summed E-state index contributed by atoms with van der Waals surface area (Å²) in [5, 5.41) is 15.0. The molecule has 0 radical (unpaired) electrons. The molecule has 0 aliphatic heterocycles. The molecule has 0 unspecified atom stereocenters. The first-order chi connectivity index (χ1) is 7.13. The largest absolute Gasteiger partial charge is 0.409 e. The lowest BCUT2D eigenvalue weighted by Crippen LogP contribution is -2.16. The highest BCUT2D eigenvalue weighted by molar-refractivity contribution is 9.10. The quantitative estimate of drug-likeness (QED) is 0.346. The van der Waals surface area contributed by atoms with Crippen LogP contribution in [0.15, 0.2) is 27.8 Å². The molecular formula is C9H11BrClN3O. The van der Waals surface area contributed by atoms with E-state index in [1.54, 1.807) is 12.1 Å². The van der Waals surface area contributed by atoms with Crippen molar-refractivity contribution in [3.63, 3.8) is 0 Å². The van der Waals surface area contributed by atoms with Crippen molar-refractivity contribution >= 4 is 39.1 Å². The van der Waals surface area contributed by atoms with E-state index in [1.165, 1.54) is 0 Å². The molecule has 1 aromatic rings. The third-order valence-electron chi connectivity index (χ3n) is 1.75. The maximum Gasteiger partial charge on any atom is 0.140 e. The fraction of sp³-hybridized carbons (Fsp3) is 0.222. The van der Waals surface area contributed by atoms with Gasteiger partial charge in [0.25, 0.3) is 0 Å². The molecule has 0 saturated carbocycles. The van der Waals surface area contributed by atoms with Crippen molar-refractivity contribution in [2.45, 2.75) is 6.42 Å². The van der Waals surface area contributed by atoms with Crippen LogP contribution >= 0.6 is 27.5 Å². The molecular weight excluding hydrogens is 281 g/mol. The van der Waals surface area contributed by atoms with Crippen molar-refractivity contribution in [2.75, 3.05) is 11.9 Å². The predicted octanol–water partition coefficient (Wildman–Crippen LogP) is 2.65. The van der Waals surface area contributed by atoms with Crippen LogP contribution in [0.5, 0.6) is 0 Å². The summed E-state index contributed by atoms with van der Waals surface area (Å²) in [6.45, 7) is 0.578. The van der Waals surface area contributed by atoms with Gasteiger partial charge in [-0.05, 0) is 34.1 Å². The zero-order chi connectivity index (χ0) is 11.3. The van der Waals surface area contributed by atoms with Crippen molar-refractivity contribution < 1.29 is 5.21 Å². The summed E-state index contributed by atoms with van der Waals surface area (Å²) in [4.78, 5) is 0. The number of amidine groups is 1. The smallest absolute Gasteiger partial charge is 0.140 e. The van der Waals surface area contributed by atoms with E-state index in [0.29, 0.717) is 18.0 Å². The zero-order valence-electron chi connectivity index (χ0n) is 7.87. The van der Waals surface area contributed by atoms with Crippen LogP contribution in [-0.2, 0) is 0 Å². The van der Waals surface area contributed by atoms with Crippen LogP contribution in [0.4, 0.5) is 5.69 Å². The zero-order valence-corrected chi connectivity index (χ0v) is 10.2. The van der Waals surface area contributed by atoms with Crippen LogP contribution in [0, 0.1) is 0 Å². The van der Waals surface area contributed by atoms with Crippen LogP contribution in [0.2, 0.25) is 5.02 Å². The number of nitrogens with two attached hydrogens (primary N) is 1. The molecule has 0 fully saturated rings. The van der Waals surface area contributed by atoms with Crippen LogP contribution < -0.4 is 11.1 Å². The highest BCUT2D eigenvalue weighted by atomic mass is 79.9. The molecule has 0 aromatic heterocycles. The van der Waals surface area contributed by atoms with Crippen molar-refractivity contribution in [3.05, 3.63) is 27.7 Å². The summed E-state index contributed by atoms with van der Waals surface area (Å²) < 4.78 is 0.923. The van der Waals surface area contributed by atoms with Gasteiger partial charge in [-0.3, -0.25) is 0 Å². The molecule has 1 aromatic carbocycles. The van der Waals surface area contributed by atoms with Gasteiger partial charge in [0.05, 0.1) is 0 Å². The van der Waals surface area contributed by atoms with E-state index >= 15 is 0 Å². The summed E-state index contributed by atoms with van der Waals surface area (Å²) in [6.07, 6.45) is 0.468. The third-order valence-corrected chi connectivity index (χ3v) is 2.68. The van der Waals surface area contributed by atoms with Gasteiger partial charge >= 0.3 is 0 Å². The minimum Gasteiger partial charge on any atom is -0.409 e. The molecule has 15 heavy (non-hydrogen) atoms. The van der Waals surface area contributed by atoms with Crippen LogP contribution in [0.25, 0.3) is 0 Å². The lowest BCUT2D eigenvalue weighted by Gasteiger charge is -2.08. The van der Waals surface area contributed by atoms with E-state index in [2.05, 4.69) is 26.4 Å². The van der Waals surface area contributed by atoms with Gasteiger partial charge in [-0.2, -0.15) is 0 Å². The molecule has 82 valence electrons. The molecule has 0 atom stereocenters. The molecule has 1 rings (SSSR count). The highest BCUT2D eigenvalue weighted by Gasteiger charge is 2.00. The molecule has 4 nitrogen and oxygen atoms in total. The first kappa shape index (κ1) is 12.1. The van der Waals surface area contributed by atoms with Gasteiger partial charge in [-0.25, -0.2) is 0 Å². The Bertz CT molecular complexity index is 370. The van der Waals surface area contributed by atoms with E-state index in [9.17, 15) is 0 Å². The Morgan fingerprint density at radius 1 is 1.60 bits per heavy atom. The fourth-order valence-corrected chi connectivity index (χ4v) is 1.57. The first-order valence-corrected chi connectivity index (χ1v) is 5.46. The summed E-state index contributed by atoms with van der Waals surface area (Å²) in [5.74, 6) is 0.195. The van der Waals surface area contributed by atoms with Crippen LogP contribution in [0.1, 0.15) is 6.42 Å². The first-order valence-electron chi connectivity index (χ1n) is 4.29. The maximum atomic E-state index is 8.34. The molecule has 0 spiro atoms. The minimum atomic E-state index is 0.195. The number of nitrogens with one attached hydrogen (secondary N) is 1. The fourth-order valence-electron chi connectivity index (χ4n) is 1.01. The molecule has 0 heterocycles. The Labute approximate surface area is 101 Å². The Balaban J connectivity index is 2.54. The topological polar surface area (TPSA) is 70.6 Å². The van der Waals surface area contributed by atoms with Crippen molar-refractivity contribution in [1.82, 2.24) is 0 Å². The van der Waals surface area contributed by atoms with Crippen molar-refractivity contribution in [2.24, 2.45) is 10.9 Å². The number of halogens is 2. The maximum absolute atomic E-state index is 8.34. The average molecular weight is 293 g/mol. The van der Waals surface area contributed by atoms with Crippen molar-refractivity contribution in [3.8, 4) is 0 Å². The van der Waals surface area contributed by atoms with E-state index in [1.807, 2.05) is 6.07 Å². The third kappa shape index (κ3) is 3.97. The average Bonchev–Trinajstić information content (AvgIpc) is 2.23. The second-order valence-electron chi connectivity index (χ2n) is 2.89. The SMILES string of the molecule is N/C(CCNc1cc(Cl)ccc1Br)=N/O. The predicted molar refractivity (Wildman–Crippen MR) is 65.7 cm³/mol. The van der Waals surface area contributed by atoms with Gasteiger partial charge in [-0.1, -0.05) is 16.8 Å². The Morgan fingerprint density at radius 2 is 2.33 bits per heavy atom. The van der Waals surface area contributed by atoms with Gasteiger partial charge in [0, 0.05) is 28.1 Å². The Hall–Kier alpha value is -0.940. The second kappa shape index (κ2) is 5.82. The summed E-state index contributed by atoms with van der Waals surface area (Å²) in [6, 6.07) is 5.45. The number of hydrogen-bond donors (Lipinski definition) is 3. The van der Waals surface area contributed by atoms with E-state index in [-0.39, 0.29) is 5.84 Å². The standard InChI is InChI=1S/C9H11BrClN3O/c10-7-2-1-6(11)5-8(7)13-4-3-9(12)14-15/h1-2,5,13,15H,3-4H2,(H2,12,14). The Kier molecular flexibility index (Phi) is 4.71. The lowest BCUT2D eigenvalue weighted by atomic mass is 10.3. The number of nitrogens with zero attached hydrogens (tertiary/aromatic N) is 1. The molecule has 0 bridgehead atoms. The van der Waals surface area contributed by atoms with E-state index in [4.69, 9.17) is 22.5 Å². The van der Waals surface area contributed by atoms with Gasteiger partial charge in [0.2, 0.25) is 0 Å². The lowest BCUT2D eigenvalue weighted by molar-refractivity contribution is 0.317. The number of benzene rings is 1. The van der Waals surface area contributed by atoms with Crippen LogP contribution in [0.3, 0.4) is 0 Å². The van der Waals surface area contributed by atoms with E-state index < -0.39 is 0 Å². The number of rotatable bonds is 4. The number of hydrogen-bond acceptors (Lipinski definition) is 3. The highest BCUT2D eigenvalue weighted by Crippen LogP contribution is 2.25. The Morgan fingerprint density at radius 3 is 3.00 bits per heavy atom. The number of oxime groups is 1. The molecule has 4 N–H and O–H groups in total. The normalized spacial score (nSPS) is 11.5. The summed E-state index contributed by atoms with van der Waals surface area (Å²) in [5.41, 5.74) is 6.21.